The van der Waals surface area contributed by atoms with E-state index < -0.39 is 5.54 Å². The Bertz CT molecular complexity index is 363. The molecule has 0 saturated carbocycles. The van der Waals surface area contributed by atoms with E-state index in [1.165, 1.54) is 11.8 Å². The van der Waals surface area contributed by atoms with Gasteiger partial charge in [0.05, 0.1) is 11.8 Å². The minimum absolute atomic E-state index is 0.541. The SMILES string of the molecule is CNC(C)(C#N)CSc1nc(C)c(C)o1. The third-order valence-corrected chi connectivity index (χ3v) is 3.44. The molecule has 0 spiro atoms. The average Bonchev–Trinajstić information content (AvgIpc) is 2.55. The van der Waals surface area contributed by atoms with Gasteiger partial charge in [0.1, 0.15) is 11.3 Å². The van der Waals surface area contributed by atoms with Crippen LogP contribution in [0.3, 0.4) is 0 Å². The van der Waals surface area contributed by atoms with Gasteiger partial charge in [-0.25, -0.2) is 4.98 Å². The van der Waals surface area contributed by atoms with E-state index in [0.29, 0.717) is 11.0 Å². The molecule has 1 heterocycles. The van der Waals surface area contributed by atoms with Gasteiger partial charge in [-0.05, 0) is 27.8 Å². The molecule has 4 nitrogen and oxygen atoms in total. The van der Waals surface area contributed by atoms with Crippen LogP contribution in [0.5, 0.6) is 0 Å². The van der Waals surface area contributed by atoms with Crippen LogP contribution in [0.2, 0.25) is 0 Å². The topological polar surface area (TPSA) is 61.9 Å². The van der Waals surface area contributed by atoms with Gasteiger partial charge < -0.3 is 9.73 Å². The highest BCUT2D eigenvalue weighted by atomic mass is 32.2. The first-order chi connectivity index (χ1) is 7.00. The molecule has 1 unspecified atom stereocenters. The molecule has 15 heavy (non-hydrogen) atoms. The predicted molar refractivity (Wildman–Crippen MR) is 59.8 cm³/mol. The lowest BCUT2D eigenvalue weighted by Gasteiger charge is -2.18. The molecule has 0 aliphatic rings. The highest BCUT2D eigenvalue weighted by molar-refractivity contribution is 7.99. The van der Waals surface area contributed by atoms with Crippen molar-refractivity contribution in [1.82, 2.24) is 10.3 Å². The van der Waals surface area contributed by atoms with Gasteiger partial charge >= 0.3 is 0 Å². The summed E-state index contributed by atoms with van der Waals surface area (Å²) >= 11 is 1.45. The molecule has 0 aromatic carbocycles. The monoisotopic (exact) mass is 225 g/mol. The van der Waals surface area contributed by atoms with Crippen molar-refractivity contribution in [2.24, 2.45) is 0 Å². The second kappa shape index (κ2) is 4.69. The minimum atomic E-state index is -0.541. The normalized spacial score (nSPS) is 14.6. The van der Waals surface area contributed by atoms with Gasteiger partial charge in [0, 0.05) is 5.75 Å². The molecule has 1 N–H and O–H groups in total. The zero-order chi connectivity index (χ0) is 11.5. The van der Waals surface area contributed by atoms with Crippen LogP contribution in [0.15, 0.2) is 9.64 Å². The summed E-state index contributed by atoms with van der Waals surface area (Å²) in [6, 6.07) is 2.22. The number of hydrogen-bond acceptors (Lipinski definition) is 5. The highest BCUT2D eigenvalue weighted by Gasteiger charge is 2.22. The first-order valence-corrected chi connectivity index (χ1v) is 5.66. The van der Waals surface area contributed by atoms with Crippen molar-refractivity contribution >= 4 is 11.8 Å². The number of nitrogens with zero attached hydrogens (tertiary/aromatic N) is 2. The summed E-state index contributed by atoms with van der Waals surface area (Å²) in [4.78, 5) is 4.24. The summed E-state index contributed by atoms with van der Waals surface area (Å²) in [6.45, 7) is 5.64. The average molecular weight is 225 g/mol. The number of rotatable bonds is 4. The van der Waals surface area contributed by atoms with Gasteiger partial charge in [0.2, 0.25) is 0 Å². The number of thioether (sulfide) groups is 1. The number of nitrogens with one attached hydrogen (secondary N) is 1. The molecule has 82 valence electrons. The zero-order valence-electron chi connectivity index (χ0n) is 9.42. The summed E-state index contributed by atoms with van der Waals surface area (Å²) in [6.07, 6.45) is 0. The Labute approximate surface area is 94.1 Å². The van der Waals surface area contributed by atoms with E-state index >= 15 is 0 Å². The Balaban J connectivity index is 2.61. The second-order valence-corrected chi connectivity index (χ2v) is 4.53. The number of oxazole rings is 1. The molecule has 0 radical (unpaired) electrons. The lowest BCUT2D eigenvalue weighted by molar-refractivity contribution is 0.429. The Hall–Kier alpha value is -0.990. The Kier molecular flexibility index (Phi) is 3.77. The largest absolute Gasteiger partial charge is 0.437 e. The fraction of sp³-hybridized carbons (Fsp3) is 0.600. The van der Waals surface area contributed by atoms with Gasteiger partial charge in [-0.2, -0.15) is 5.26 Å². The number of aryl methyl sites for hydroxylation is 2. The molecule has 1 rings (SSSR count). The summed E-state index contributed by atoms with van der Waals surface area (Å²) in [5.74, 6) is 1.44. The van der Waals surface area contributed by atoms with E-state index in [0.717, 1.165) is 11.5 Å². The van der Waals surface area contributed by atoms with Crippen molar-refractivity contribution < 1.29 is 4.42 Å². The molecule has 0 bridgehead atoms. The lowest BCUT2D eigenvalue weighted by atomic mass is 10.1. The molecule has 5 heteroatoms. The lowest BCUT2D eigenvalue weighted by Crippen LogP contribution is -2.40. The van der Waals surface area contributed by atoms with Gasteiger partial charge in [0.15, 0.2) is 0 Å². The molecule has 0 amide bonds. The third-order valence-electron chi connectivity index (χ3n) is 2.29. The third kappa shape index (κ3) is 2.98. The molecule has 0 aliphatic carbocycles. The first-order valence-electron chi connectivity index (χ1n) is 4.68. The molecule has 1 aromatic heterocycles. The molecule has 0 fully saturated rings. The van der Waals surface area contributed by atoms with E-state index in [-0.39, 0.29) is 0 Å². The van der Waals surface area contributed by atoms with Crippen molar-refractivity contribution in [3.05, 3.63) is 11.5 Å². The van der Waals surface area contributed by atoms with E-state index in [9.17, 15) is 0 Å². The molecular weight excluding hydrogens is 210 g/mol. The van der Waals surface area contributed by atoms with E-state index in [2.05, 4.69) is 16.4 Å². The summed E-state index contributed by atoms with van der Waals surface area (Å²) in [7, 11) is 1.77. The fourth-order valence-electron chi connectivity index (χ4n) is 0.871. The fourth-order valence-corrected chi connectivity index (χ4v) is 1.88. The summed E-state index contributed by atoms with van der Waals surface area (Å²) < 4.78 is 5.41. The van der Waals surface area contributed by atoms with Crippen molar-refractivity contribution in [1.29, 1.82) is 5.26 Å². The maximum atomic E-state index is 8.95. The van der Waals surface area contributed by atoms with E-state index in [4.69, 9.17) is 9.68 Å². The zero-order valence-corrected chi connectivity index (χ0v) is 10.2. The van der Waals surface area contributed by atoms with Crippen LogP contribution in [0.4, 0.5) is 0 Å². The van der Waals surface area contributed by atoms with Crippen LogP contribution in [-0.2, 0) is 0 Å². The second-order valence-electron chi connectivity index (χ2n) is 3.60. The van der Waals surface area contributed by atoms with Gasteiger partial charge in [0.25, 0.3) is 5.22 Å². The van der Waals surface area contributed by atoms with Gasteiger partial charge in [-0.15, -0.1) is 0 Å². The number of hydrogen-bond donors (Lipinski definition) is 1. The molecule has 0 aliphatic heterocycles. The van der Waals surface area contributed by atoms with Crippen LogP contribution in [0, 0.1) is 25.2 Å². The summed E-state index contributed by atoms with van der Waals surface area (Å²) in [5, 5.41) is 12.5. The Morgan fingerprint density at radius 3 is 2.67 bits per heavy atom. The van der Waals surface area contributed by atoms with Crippen molar-refractivity contribution in [3.8, 4) is 6.07 Å². The van der Waals surface area contributed by atoms with Crippen molar-refractivity contribution in [2.75, 3.05) is 12.8 Å². The maximum Gasteiger partial charge on any atom is 0.256 e. The van der Waals surface area contributed by atoms with Crippen LogP contribution >= 0.6 is 11.8 Å². The van der Waals surface area contributed by atoms with Crippen molar-refractivity contribution in [2.45, 2.75) is 31.5 Å². The Morgan fingerprint density at radius 1 is 1.60 bits per heavy atom. The molecule has 1 atom stereocenters. The molecular formula is C10H15N3OS. The van der Waals surface area contributed by atoms with Crippen LogP contribution in [0.1, 0.15) is 18.4 Å². The number of aromatic nitrogens is 1. The van der Waals surface area contributed by atoms with Gasteiger partial charge in [-0.3, -0.25) is 0 Å². The summed E-state index contributed by atoms with van der Waals surface area (Å²) in [5.41, 5.74) is 0.363. The predicted octanol–water partition coefficient (Wildman–Crippen LogP) is 1.89. The molecule has 0 saturated heterocycles. The van der Waals surface area contributed by atoms with Crippen molar-refractivity contribution in [3.63, 3.8) is 0 Å². The molecule has 1 aromatic rings. The Morgan fingerprint density at radius 2 is 2.27 bits per heavy atom. The minimum Gasteiger partial charge on any atom is -0.437 e. The van der Waals surface area contributed by atoms with Crippen LogP contribution < -0.4 is 5.32 Å². The quantitative estimate of drug-likeness (QED) is 0.793. The van der Waals surface area contributed by atoms with Crippen LogP contribution in [0.25, 0.3) is 0 Å². The maximum absolute atomic E-state index is 8.95. The highest BCUT2D eigenvalue weighted by Crippen LogP contribution is 2.23. The van der Waals surface area contributed by atoms with E-state index in [1.807, 2.05) is 20.8 Å². The van der Waals surface area contributed by atoms with E-state index in [1.54, 1.807) is 7.05 Å². The smallest absolute Gasteiger partial charge is 0.256 e. The van der Waals surface area contributed by atoms with Crippen LogP contribution in [-0.4, -0.2) is 23.3 Å². The standard InChI is InChI=1S/C10H15N3OS/c1-7-8(2)14-9(13-7)15-6-10(3,5-11)12-4/h12H,6H2,1-4H3. The number of nitriles is 1. The first kappa shape index (κ1) is 12.1. The van der Waals surface area contributed by atoms with Gasteiger partial charge in [-0.1, -0.05) is 11.8 Å².